The molecule has 0 amide bonds. The van der Waals surface area contributed by atoms with E-state index in [1.54, 1.807) is 22.3 Å². The van der Waals surface area contributed by atoms with Gasteiger partial charge < -0.3 is 4.74 Å². The molecule has 0 atom stereocenters. The van der Waals surface area contributed by atoms with Gasteiger partial charge in [-0.1, -0.05) is 30.3 Å². The molecule has 4 rings (SSSR count). The molecule has 0 bridgehead atoms. The van der Waals surface area contributed by atoms with Crippen molar-refractivity contribution >= 4 is 41.4 Å². The van der Waals surface area contributed by atoms with Crippen LogP contribution in [0.5, 0.6) is 5.75 Å². The maximum Gasteiger partial charge on any atom is 0.151 e. The van der Waals surface area contributed by atoms with E-state index in [0.29, 0.717) is 5.56 Å². The molecule has 2 heterocycles. The van der Waals surface area contributed by atoms with Crippen LogP contribution >= 0.6 is 30.3 Å². The normalized spacial score (nSPS) is 10.7. The predicted octanol–water partition coefficient (Wildman–Crippen LogP) is 6.10. The summed E-state index contributed by atoms with van der Waals surface area (Å²) in [5.41, 5.74) is 5.58. The van der Waals surface area contributed by atoms with E-state index in [1.807, 2.05) is 46.6 Å². The molecule has 0 radical (unpaired) electrons. The molecule has 0 N–H and O–H groups in total. The van der Waals surface area contributed by atoms with Gasteiger partial charge in [-0.2, -0.15) is 5.26 Å². The van der Waals surface area contributed by atoms with Crippen LogP contribution in [0.3, 0.4) is 0 Å². The first-order valence-corrected chi connectivity index (χ1v) is 11.5. The molecule has 4 nitrogen and oxygen atoms in total. The second-order valence-electron chi connectivity index (χ2n) is 5.93. The van der Waals surface area contributed by atoms with E-state index in [2.05, 4.69) is 45.6 Å². The lowest BCUT2D eigenvalue weighted by Crippen LogP contribution is -1.87. The van der Waals surface area contributed by atoms with Gasteiger partial charge in [-0.05, 0) is 29.8 Å². The number of ether oxygens (including phenoxy) is 1. The van der Waals surface area contributed by atoms with Crippen molar-refractivity contribution < 1.29 is 4.74 Å². The zero-order valence-corrected chi connectivity index (χ0v) is 17.4. The maximum atomic E-state index is 9.18. The highest BCUT2D eigenvalue weighted by molar-refractivity contribution is 14.2. The lowest BCUT2D eigenvalue weighted by Gasteiger charge is -2.07. The van der Waals surface area contributed by atoms with E-state index in [1.165, 1.54) is 0 Å². The standard InChI is InChI=1S/C21H14IN3OS/c1-26-20-8-3-2-7-17(20)19-13-25(27-22)21-18(19)10-16(12-24-21)15-6-4-5-14(9-15)11-23/h2-10,12-13H,1H3. The summed E-state index contributed by atoms with van der Waals surface area (Å²) in [7, 11) is 3.26. The van der Waals surface area contributed by atoms with Crippen LogP contribution in [0.15, 0.2) is 67.0 Å². The molecule has 6 heteroatoms. The van der Waals surface area contributed by atoms with Crippen molar-refractivity contribution in [3.8, 4) is 34.1 Å². The average Bonchev–Trinajstić information content (AvgIpc) is 3.11. The van der Waals surface area contributed by atoms with Crippen molar-refractivity contribution in [2.24, 2.45) is 0 Å². The molecule has 132 valence electrons. The number of aromatic nitrogens is 2. The van der Waals surface area contributed by atoms with Gasteiger partial charge in [0.2, 0.25) is 0 Å². The van der Waals surface area contributed by atoms with E-state index in [9.17, 15) is 5.26 Å². The predicted molar refractivity (Wildman–Crippen MR) is 119 cm³/mol. The van der Waals surface area contributed by atoms with Crippen molar-refractivity contribution in [3.05, 3.63) is 72.6 Å². The Kier molecular flexibility index (Phi) is 5.05. The smallest absolute Gasteiger partial charge is 0.151 e. The first-order chi connectivity index (χ1) is 13.2. The molecular formula is C21H14IN3OS. The van der Waals surface area contributed by atoms with Crippen LogP contribution in [-0.4, -0.2) is 16.1 Å². The van der Waals surface area contributed by atoms with E-state index >= 15 is 0 Å². The average molecular weight is 483 g/mol. The zero-order valence-electron chi connectivity index (χ0n) is 14.4. The molecule has 0 fully saturated rings. The Morgan fingerprint density at radius 2 is 1.93 bits per heavy atom. The lowest BCUT2D eigenvalue weighted by atomic mass is 10.0. The minimum absolute atomic E-state index is 0.637. The number of nitriles is 1. The highest BCUT2D eigenvalue weighted by Crippen LogP contribution is 2.39. The number of pyridine rings is 1. The van der Waals surface area contributed by atoms with Gasteiger partial charge in [0.1, 0.15) is 5.75 Å². The highest BCUT2D eigenvalue weighted by Gasteiger charge is 2.16. The number of methoxy groups -OCH3 is 1. The van der Waals surface area contributed by atoms with Gasteiger partial charge in [-0.15, -0.1) is 0 Å². The number of hydrogen-bond acceptors (Lipinski definition) is 4. The lowest BCUT2D eigenvalue weighted by molar-refractivity contribution is 0.416. The molecule has 0 unspecified atom stereocenters. The fraction of sp³-hybridized carbons (Fsp3) is 0.0476. The quantitative estimate of drug-likeness (QED) is 0.330. The van der Waals surface area contributed by atoms with Crippen molar-refractivity contribution in [3.63, 3.8) is 0 Å². The van der Waals surface area contributed by atoms with Crippen LogP contribution in [0.4, 0.5) is 0 Å². The second kappa shape index (κ2) is 7.62. The van der Waals surface area contributed by atoms with Crippen molar-refractivity contribution in [2.45, 2.75) is 0 Å². The zero-order chi connectivity index (χ0) is 18.8. The van der Waals surface area contributed by atoms with E-state index in [0.717, 1.165) is 39.0 Å². The second-order valence-corrected chi connectivity index (χ2v) is 7.64. The highest BCUT2D eigenvalue weighted by atomic mass is 127. The summed E-state index contributed by atoms with van der Waals surface area (Å²) in [4.78, 5) is 4.70. The minimum atomic E-state index is 0.637. The Morgan fingerprint density at radius 3 is 2.70 bits per heavy atom. The molecule has 2 aromatic carbocycles. The minimum Gasteiger partial charge on any atom is -0.496 e. The van der Waals surface area contributed by atoms with E-state index in [4.69, 9.17) is 9.72 Å². The Balaban J connectivity index is 1.96. The van der Waals surface area contributed by atoms with Crippen LogP contribution in [0.2, 0.25) is 0 Å². The van der Waals surface area contributed by atoms with Crippen LogP contribution in [-0.2, 0) is 0 Å². The molecule has 0 aliphatic carbocycles. The number of nitrogens with zero attached hydrogens (tertiary/aromatic N) is 3. The van der Waals surface area contributed by atoms with Crippen LogP contribution in [0.25, 0.3) is 33.3 Å². The SMILES string of the molecule is COc1ccccc1-c1cn(SI)c2ncc(-c3cccc(C#N)c3)cc12. The largest absolute Gasteiger partial charge is 0.496 e. The van der Waals surface area contributed by atoms with E-state index in [-0.39, 0.29) is 0 Å². The molecule has 0 aliphatic rings. The first kappa shape index (κ1) is 17.9. The maximum absolute atomic E-state index is 9.18. The van der Waals surface area contributed by atoms with Gasteiger partial charge in [0.05, 0.1) is 18.7 Å². The summed E-state index contributed by atoms with van der Waals surface area (Å²) in [5, 5.41) is 10.2. The third kappa shape index (κ3) is 3.29. The van der Waals surface area contributed by atoms with Gasteiger partial charge in [0.25, 0.3) is 0 Å². The Bertz CT molecular complexity index is 1180. The van der Waals surface area contributed by atoms with Crippen LogP contribution in [0, 0.1) is 11.3 Å². The third-order valence-electron chi connectivity index (χ3n) is 4.41. The molecule has 27 heavy (non-hydrogen) atoms. The van der Waals surface area contributed by atoms with Crippen LogP contribution in [0.1, 0.15) is 5.56 Å². The number of rotatable bonds is 4. The van der Waals surface area contributed by atoms with Gasteiger partial charge in [0, 0.05) is 64.8 Å². The summed E-state index contributed by atoms with van der Waals surface area (Å²) in [6.45, 7) is 0. The molecule has 4 aromatic rings. The molecule has 0 aliphatic heterocycles. The number of halogens is 1. The fourth-order valence-electron chi connectivity index (χ4n) is 3.14. The third-order valence-corrected chi connectivity index (χ3v) is 6.11. The first-order valence-electron chi connectivity index (χ1n) is 8.19. The van der Waals surface area contributed by atoms with Gasteiger partial charge in [0.15, 0.2) is 5.65 Å². The van der Waals surface area contributed by atoms with Crippen molar-refractivity contribution in [1.29, 1.82) is 5.26 Å². The Hall–Kier alpha value is -2.50. The number of hydrogen-bond donors (Lipinski definition) is 0. The van der Waals surface area contributed by atoms with Crippen molar-refractivity contribution in [1.82, 2.24) is 8.96 Å². The summed E-state index contributed by atoms with van der Waals surface area (Å²) in [5.74, 6) is 0.826. The summed E-state index contributed by atoms with van der Waals surface area (Å²) >= 11 is 2.25. The van der Waals surface area contributed by atoms with Crippen molar-refractivity contribution in [2.75, 3.05) is 7.11 Å². The molecular weight excluding hydrogens is 469 g/mol. The molecule has 0 spiro atoms. The summed E-state index contributed by atoms with van der Waals surface area (Å²) in [6.07, 6.45) is 3.94. The van der Waals surface area contributed by atoms with E-state index < -0.39 is 0 Å². The van der Waals surface area contributed by atoms with Gasteiger partial charge in [-0.25, -0.2) is 4.98 Å². The van der Waals surface area contributed by atoms with Gasteiger partial charge >= 0.3 is 0 Å². The Morgan fingerprint density at radius 1 is 1.07 bits per heavy atom. The molecule has 0 saturated heterocycles. The molecule has 0 saturated carbocycles. The van der Waals surface area contributed by atoms with Gasteiger partial charge in [-0.3, -0.25) is 3.97 Å². The number of benzene rings is 2. The number of para-hydroxylation sites is 1. The molecule has 2 aromatic heterocycles. The summed E-state index contributed by atoms with van der Waals surface area (Å²) in [6, 6.07) is 19.9. The summed E-state index contributed by atoms with van der Waals surface area (Å²) < 4.78 is 7.61. The Labute approximate surface area is 173 Å². The fourth-order valence-corrected chi connectivity index (χ4v) is 4.40. The number of fused-ring (bicyclic) bond motifs is 1. The topological polar surface area (TPSA) is 50.8 Å². The van der Waals surface area contributed by atoms with Crippen LogP contribution < -0.4 is 4.74 Å². The monoisotopic (exact) mass is 483 g/mol.